The summed E-state index contributed by atoms with van der Waals surface area (Å²) in [6.07, 6.45) is 0. The minimum Gasteiger partial charge on any atom is -0.455 e. The van der Waals surface area contributed by atoms with Gasteiger partial charge in [-0.25, -0.2) is 0 Å². The number of hydrogen-bond donors (Lipinski definition) is 0. The maximum Gasteiger partial charge on any atom is 0.316 e. The number of esters is 1. The zero-order chi connectivity index (χ0) is 16.8. The average molecular weight is 340 g/mol. The van der Waals surface area contributed by atoms with Crippen LogP contribution in [0.2, 0.25) is 0 Å². The van der Waals surface area contributed by atoms with Crippen LogP contribution in [0.5, 0.6) is 0 Å². The second kappa shape index (κ2) is 7.79. The van der Waals surface area contributed by atoms with Gasteiger partial charge in [-0.15, -0.1) is 22.0 Å². The van der Waals surface area contributed by atoms with Crippen molar-refractivity contribution in [1.29, 1.82) is 0 Å². The normalized spacial score (nSPS) is 10.5. The maximum absolute atomic E-state index is 11.8. The lowest BCUT2D eigenvalue weighted by atomic mass is 10.2. The van der Waals surface area contributed by atoms with Gasteiger partial charge in [0.15, 0.2) is 6.61 Å². The van der Waals surface area contributed by atoms with Gasteiger partial charge >= 0.3 is 5.97 Å². The minimum absolute atomic E-state index is 0.0207. The smallest absolute Gasteiger partial charge is 0.316 e. The highest BCUT2D eigenvalue weighted by atomic mass is 32.2. The molecule has 1 aromatic heterocycles. The summed E-state index contributed by atoms with van der Waals surface area (Å²) in [4.78, 5) is 12.8. The van der Waals surface area contributed by atoms with Gasteiger partial charge in [0.2, 0.25) is 5.89 Å². The Morgan fingerprint density at radius 1 is 1.08 bits per heavy atom. The van der Waals surface area contributed by atoms with Crippen LogP contribution in [0.4, 0.5) is 0 Å². The van der Waals surface area contributed by atoms with Crippen LogP contribution < -0.4 is 0 Å². The van der Waals surface area contributed by atoms with Crippen molar-refractivity contribution in [2.45, 2.75) is 18.4 Å². The summed E-state index contributed by atoms with van der Waals surface area (Å²) in [7, 11) is 0. The van der Waals surface area contributed by atoms with Gasteiger partial charge in [0, 0.05) is 10.5 Å². The van der Waals surface area contributed by atoms with E-state index in [-0.39, 0.29) is 24.2 Å². The van der Waals surface area contributed by atoms with Gasteiger partial charge in [0.1, 0.15) is 0 Å². The molecule has 5 nitrogen and oxygen atoms in total. The Morgan fingerprint density at radius 3 is 2.58 bits per heavy atom. The number of nitrogens with zero attached hydrogens (tertiary/aromatic N) is 2. The number of aromatic nitrogens is 2. The second-order valence-electron chi connectivity index (χ2n) is 5.13. The SMILES string of the molecule is Cc1ccc(SCC(=O)OCc2nnc(-c3ccccc3)o2)cc1. The average Bonchev–Trinajstić information content (AvgIpc) is 3.09. The van der Waals surface area contributed by atoms with Gasteiger partial charge in [0.05, 0.1) is 5.75 Å². The molecule has 0 bridgehead atoms. The van der Waals surface area contributed by atoms with Crippen molar-refractivity contribution in [3.8, 4) is 11.5 Å². The molecule has 1 heterocycles. The fourth-order valence-electron chi connectivity index (χ4n) is 1.97. The molecule has 122 valence electrons. The molecular weight excluding hydrogens is 324 g/mol. The Balaban J connectivity index is 1.48. The van der Waals surface area contributed by atoms with Crippen molar-refractivity contribution in [3.05, 3.63) is 66.1 Å². The summed E-state index contributed by atoms with van der Waals surface area (Å²) in [5.74, 6) is 0.612. The molecule has 0 aliphatic heterocycles. The van der Waals surface area contributed by atoms with E-state index in [9.17, 15) is 4.79 Å². The molecule has 0 unspecified atom stereocenters. The van der Waals surface area contributed by atoms with E-state index in [0.29, 0.717) is 5.89 Å². The first-order valence-electron chi connectivity index (χ1n) is 7.43. The van der Waals surface area contributed by atoms with Crippen molar-refractivity contribution in [3.63, 3.8) is 0 Å². The lowest BCUT2D eigenvalue weighted by Gasteiger charge is -2.03. The minimum atomic E-state index is -0.319. The van der Waals surface area contributed by atoms with Crippen LogP contribution in [0, 0.1) is 6.92 Å². The van der Waals surface area contributed by atoms with Gasteiger partial charge in [-0.1, -0.05) is 35.9 Å². The monoisotopic (exact) mass is 340 g/mol. The number of ether oxygens (including phenoxy) is 1. The lowest BCUT2D eigenvalue weighted by Crippen LogP contribution is -2.07. The highest BCUT2D eigenvalue weighted by Crippen LogP contribution is 2.19. The number of aryl methyl sites for hydroxylation is 1. The molecule has 0 atom stereocenters. The van der Waals surface area contributed by atoms with E-state index in [1.807, 2.05) is 61.5 Å². The fraction of sp³-hybridized carbons (Fsp3) is 0.167. The Hall–Kier alpha value is -2.60. The van der Waals surface area contributed by atoms with E-state index in [1.165, 1.54) is 17.3 Å². The van der Waals surface area contributed by atoms with E-state index in [2.05, 4.69) is 10.2 Å². The number of thioether (sulfide) groups is 1. The topological polar surface area (TPSA) is 65.2 Å². The largest absolute Gasteiger partial charge is 0.455 e. The van der Waals surface area contributed by atoms with Crippen LogP contribution in [-0.4, -0.2) is 21.9 Å². The third-order valence-corrected chi connectivity index (χ3v) is 4.21. The van der Waals surface area contributed by atoms with Gasteiger partial charge in [0.25, 0.3) is 5.89 Å². The first-order valence-corrected chi connectivity index (χ1v) is 8.42. The Labute approximate surface area is 144 Å². The molecular formula is C18H16N2O3S. The predicted octanol–water partition coefficient (Wildman–Crippen LogP) is 3.88. The van der Waals surface area contributed by atoms with Crippen LogP contribution in [-0.2, 0) is 16.1 Å². The van der Waals surface area contributed by atoms with Gasteiger partial charge in [-0.2, -0.15) is 0 Å². The van der Waals surface area contributed by atoms with E-state index in [4.69, 9.17) is 9.15 Å². The van der Waals surface area contributed by atoms with E-state index < -0.39 is 0 Å². The van der Waals surface area contributed by atoms with Crippen LogP contribution in [0.25, 0.3) is 11.5 Å². The van der Waals surface area contributed by atoms with Gasteiger partial charge in [-0.05, 0) is 31.2 Å². The molecule has 0 amide bonds. The van der Waals surface area contributed by atoms with E-state index in [1.54, 1.807) is 0 Å². The van der Waals surface area contributed by atoms with Crippen LogP contribution in [0.15, 0.2) is 63.9 Å². The molecule has 0 N–H and O–H groups in total. The molecule has 3 rings (SSSR count). The standard InChI is InChI=1S/C18H16N2O3S/c1-13-7-9-15(10-8-13)24-12-17(21)22-11-16-19-20-18(23-16)14-5-3-2-4-6-14/h2-10H,11-12H2,1H3. The van der Waals surface area contributed by atoms with Crippen molar-refractivity contribution in [2.24, 2.45) is 0 Å². The van der Waals surface area contributed by atoms with Gasteiger partial charge < -0.3 is 9.15 Å². The molecule has 6 heteroatoms. The number of carbonyl (C=O) groups excluding carboxylic acids is 1. The predicted molar refractivity (Wildman–Crippen MR) is 91.4 cm³/mol. The third-order valence-electron chi connectivity index (χ3n) is 3.22. The molecule has 0 saturated carbocycles. The van der Waals surface area contributed by atoms with Crippen molar-refractivity contribution in [1.82, 2.24) is 10.2 Å². The summed E-state index contributed by atoms with van der Waals surface area (Å²) < 4.78 is 10.7. The van der Waals surface area contributed by atoms with E-state index in [0.717, 1.165) is 10.5 Å². The zero-order valence-corrected chi connectivity index (χ0v) is 14.0. The number of rotatable bonds is 6. The van der Waals surface area contributed by atoms with Crippen molar-refractivity contribution in [2.75, 3.05) is 5.75 Å². The zero-order valence-electron chi connectivity index (χ0n) is 13.1. The summed E-state index contributed by atoms with van der Waals surface area (Å²) in [6, 6.07) is 17.4. The molecule has 0 spiro atoms. The quantitative estimate of drug-likeness (QED) is 0.501. The highest BCUT2D eigenvalue weighted by Gasteiger charge is 2.11. The Bertz CT molecular complexity index is 801. The number of carbonyl (C=O) groups is 1. The molecule has 0 radical (unpaired) electrons. The molecule has 2 aromatic carbocycles. The molecule has 0 fully saturated rings. The maximum atomic E-state index is 11.8. The number of hydrogen-bond acceptors (Lipinski definition) is 6. The van der Waals surface area contributed by atoms with Crippen LogP contribution in [0.1, 0.15) is 11.5 Å². The Morgan fingerprint density at radius 2 is 1.83 bits per heavy atom. The van der Waals surface area contributed by atoms with Crippen LogP contribution >= 0.6 is 11.8 Å². The van der Waals surface area contributed by atoms with E-state index >= 15 is 0 Å². The first kappa shape index (κ1) is 16.3. The molecule has 0 saturated heterocycles. The van der Waals surface area contributed by atoms with Crippen LogP contribution in [0.3, 0.4) is 0 Å². The Kier molecular flexibility index (Phi) is 5.28. The molecule has 0 aliphatic carbocycles. The third kappa shape index (κ3) is 4.45. The number of benzene rings is 2. The molecule has 0 aliphatic rings. The summed E-state index contributed by atoms with van der Waals surface area (Å²) >= 11 is 1.43. The van der Waals surface area contributed by atoms with Crippen molar-refractivity contribution >= 4 is 17.7 Å². The summed E-state index contributed by atoms with van der Waals surface area (Å²) in [5.41, 5.74) is 2.02. The molecule has 3 aromatic rings. The fourth-order valence-corrected chi connectivity index (χ4v) is 2.67. The van der Waals surface area contributed by atoms with Crippen molar-refractivity contribution < 1.29 is 13.9 Å². The second-order valence-corrected chi connectivity index (χ2v) is 6.18. The summed E-state index contributed by atoms with van der Waals surface area (Å²) in [5, 5.41) is 7.84. The summed E-state index contributed by atoms with van der Waals surface area (Å²) in [6.45, 7) is 2.00. The molecule has 24 heavy (non-hydrogen) atoms. The van der Waals surface area contributed by atoms with Gasteiger partial charge in [-0.3, -0.25) is 4.79 Å². The first-order chi connectivity index (χ1) is 11.7. The highest BCUT2D eigenvalue weighted by molar-refractivity contribution is 8.00. The lowest BCUT2D eigenvalue weighted by molar-refractivity contribution is -0.142.